The normalized spacial score (nSPS) is 19.4. The Bertz CT molecular complexity index is 369. The minimum Gasteiger partial charge on any atom is -0.445 e. The summed E-state index contributed by atoms with van der Waals surface area (Å²) in [7, 11) is 0. The molecule has 0 aliphatic carbocycles. The van der Waals surface area contributed by atoms with Crippen molar-refractivity contribution in [2.24, 2.45) is 0 Å². The first kappa shape index (κ1) is 12.3. The van der Waals surface area contributed by atoms with Gasteiger partial charge in [-0.05, 0) is 18.2 Å². The number of benzene rings is 1. The Morgan fingerprint density at radius 1 is 1.47 bits per heavy atom. The Morgan fingerprint density at radius 3 is 2.88 bits per heavy atom. The van der Waals surface area contributed by atoms with Gasteiger partial charge in [0.2, 0.25) is 0 Å². The zero-order chi connectivity index (χ0) is 12.1. The highest BCUT2D eigenvalue weighted by Gasteiger charge is 2.26. The summed E-state index contributed by atoms with van der Waals surface area (Å²) >= 11 is 1.82. The molecule has 1 aliphatic rings. The van der Waals surface area contributed by atoms with E-state index in [9.17, 15) is 4.79 Å². The molecule has 92 valence electrons. The zero-order valence-corrected chi connectivity index (χ0v) is 10.8. The third-order valence-corrected chi connectivity index (χ3v) is 3.99. The van der Waals surface area contributed by atoms with Gasteiger partial charge in [0, 0.05) is 18.3 Å². The van der Waals surface area contributed by atoms with Gasteiger partial charge in [0.1, 0.15) is 6.61 Å². The lowest BCUT2D eigenvalue weighted by atomic mass is 10.2. The number of carbonyl (C=O) groups excluding carboxylic acids is 1. The van der Waals surface area contributed by atoms with E-state index in [0.717, 1.165) is 25.1 Å². The molecule has 1 saturated heterocycles. The van der Waals surface area contributed by atoms with Crippen LogP contribution in [0.15, 0.2) is 30.3 Å². The van der Waals surface area contributed by atoms with E-state index in [2.05, 4.69) is 6.26 Å². The van der Waals surface area contributed by atoms with Gasteiger partial charge >= 0.3 is 6.09 Å². The Balaban J connectivity index is 1.78. The second kappa shape index (κ2) is 5.96. The monoisotopic (exact) mass is 251 g/mol. The summed E-state index contributed by atoms with van der Waals surface area (Å²) in [5.74, 6) is 0. The van der Waals surface area contributed by atoms with Crippen molar-refractivity contribution in [2.45, 2.75) is 18.3 Å². The molecular formula is C13H17NO2S. The minimum atomic E-state index is -0.189. The number of ether oxygens (including phenoxy) is 1. The predicted molar refractivity (Wildman–Crippen MR) is 70.1 cm³/mol. The van der Waals surface area contributed by atoms with Crippen molar-refractivity contribution in [3.63, 3.8) is 0 Å². The smallest absolute Gasteiger partial charge is 0.410 e. The summed E-state index contributed by atoms with van der Waals surface area (Å²) < 4.78 is 5.28. The highest BCUT2D eigenvalue weighted by atomic mass is 32.2. The average molecular weight is 251 g/mol. The summed E-state index contributed by atoms with van der Waals surface area (Å²) in [6.45, 7) is 1.99. The van der Waals surface area contributed by atoms with Crippen LogP contribution in [0.3, 0.4) is 0 Å². The molecule has 3 nitrogen and oxygen atoms in total. The largest absolute Gasteiger partial charge is 0.445 e. The quantitative estimate of drug-likeness (QED) is 0.827. The molecule has 0 radical (unpaired) electrons. The first-order chi connectivity index (χ1) is 8.29. The molecule has 0 spiro atoms. The van der Waals surface area contributed by atoms with Gasteiger partial charge in [-0.15, -0.1) is 0 Å². The molecule has 1 atom stereocenters. The highest BCUT2D eigenvalue weighted by molar-refractivity contribution is 7.99. The van der Waals surface area contributed by atoms with E-state index in [1.54, 1.807) is 4.90 Å². The Labute approximate surface area is 106 Å². The third-order valence-electron chi connectivity index (χ3n) is 2.94. The van der Waals surface area contributed by atoms with E-state index >= 15 is 0 Å². The third kappa shape index (κ3) is 3.40. The van der Waals surface area contributed by atoms with Crippen LogP contribution < -0.4 is 0 Å². The van der Waals surface area contributed by atoms with Gasteiger partial charge in [0.25, 0.3) is 0 Å². The Kier molecular flexibility index (Phi) is 4.31. The van der Waals surface area contributed by atoms with Crippen molar-refractivity contribution < 1.29 is 9.53 Å². The van der Waals surface area contributed by atoms with Crippen molar-refractivity contribution in [1.29, 1.82) is 0 Å². The van der Waals surface area contributed by atoms with E-state index in [1.807, 2.05) is 42.1 Å². The minimum absolute atomic E-state index is 0.189. The maximum Gasteiger partial charge on any atom is 0.410 e. The number of hydrogen-bond donors (Lipinski definition) is 0. The first-order valence-electron chi connectivity index (χ1n) is 5.78. The van der Waals surface area contributed by atoms with Crippen LogP contribution in [-0.2, 0) is 11.3 Å². The van der Waals surface area contributed by atoms with Crippen LogP contribution in [0.2, 0.25) is 0 Å². The van der Waals surface area contributed by atoms with E-state index in [1.165, 1.54) is 0 Å². The number of amides is 1. The predicted octanol–water partition coefficient (Wildman–Crippen LogP) is 2.76. The number of likely N-dealkylation sites (tertiary alicyclic amines) is 1. The fourth-order valence-electron chi connectivity index (χ4n) is 1.90. The lowest BCUT2D eigenvalue weighted by Crippen LogP contribution is -2.29. The molecule has 1 aromatic rings. The van der Waals surface area contributed by atoms with Gasteiger partial charge in [0.15, 0.2) is 0 Å². The fraction of sp³-hybridized carbons (Fsp3) is 0.462. The zero-order valence-electron chi connectivity index (χ0n) is 9.96. The lowest BCUT2D eigenvalue weighted by molar-refractivity contribution is 0.104. The number of carbonyl (C=O) groups is 1. The molecule has 4 heteroatoms. The Morgan fingerprint density at radius 2 is 2.24 bits per heavy atom. The van der Waals surface area contributed by atoms with Gasteiger partial charge in [-0.2, -0.15) is 11.8 Å². The molecule has 1 fully saturated rings. The molecule has 2 rings (SSSR count). The summed E-state index contributed by atoms with van der Waals surface area (Å²) in [4.78, 5) is 13.6. The highest BCUT2D eigenvalue weighted by Crippen LogP contribution is 2.20. The van der Waals surface area contributed by atoms with Crippen molar-refractivity contribution in [1.82, 2.24) is 4.90 Å². The SMILES string of the molecule is CS[C@@H]1CCN(C(=O)OCc2ccccc2)C1. The van der Waals surface area contributed by atoms with Crippen molar-refractivity contribution in [2.75, 3.05) is 19.3 Å². The molecular weight excluding hydrogens is 234 g/mol. The number of hydrogen-bond acceptors (Lipinski definition) is 3. The maximum absolute atomic E-state index is 11.8. The van der Waals surface area contributed by atoms with E-state index in [0.29, 0.717) is 11.9 Å². The molecule has 1 heterocycles. The fourth-order valence-corrected chi connectivity index (χ4v) is 2.57. The summed E-state index contributed by atoms with van der Waals surface area (Å²) in [5.41, 5.74) is 1.03. The molecule has 0 unspecified atom stereocenters. The molecule has 0 bridgehead atoms. The summed E-state index contributed by atoms with van der Waals surface area (Å²) in [5, 5.41) is 0.569. The van der Waals surface area contributed by atoms with E-state index in [4.69, 9.17) is 4.74 Å². The molecule has 17 heavy (non-hydrogen) atoms. The van der Waals surface area contributed by atoms with Crippen LogP contribution in [0.1, 0.15) is 12.0 Å². The number of thioether (sulfide) groups is 1. The van der Waals surface area contributed by atoms with Crippen molar-refractivity contribution >= 4 is 17.9 Å². The lowest BCUT2D eigenvalue weighted by Gasteiger charge is -2.15. The average Bonchev–Trinajstić information content (AvgIpc) is 2.86. The second-order valence-electron chi connectivity index (χ2n) is 4.13. The van der Waals surface area contributed by atoms with E-state index in [-0.39, 0.29) is 6.09 Å². The second-order valence-corrected chi connectivity index (χ2v) is 5.27. The first-order valence-corrected chi connectivity index (χ1v) is 7.07. The standard InChI is InChI=1S/C13H17NO2S/c1-17-12-7-8-14(9-12)13(15)16-10-11-5-3-2-4-6-11/h2-6,12H,7-10H2,1H3/t12-/m1/s1. The van der Waals surface area contributed by atoms with Crippen LogP contribution in [-0.4, -0.2) is 35.6 Å². The molecule has 0 aromatic heterocycles. The topological polar surface area (TPSA) is 29.5 Å². The van der Waals surface area contributed by atoms with Crippen LogP contribution in [0, 0.1) is 0 Å². The van der Waals surface area contributed by atoms with Crippen LogP contribution in [0.4, 0.5) is 4.79 Å². The van der Waals surface area contributed by atoms with Crippen LogP contribution in [0.25, 0.3) is 0 Å². The molecule has 0 saturated carbocycles. The Hall–Kier alpha value is -1.16. The van der Waals surface area contributed by atoms with Gasteiger partial charge in [0.05, 0.1) is 0 Å². The van der Waals surface area contributed by atoms with Gasteiger partial charge in [-0.25, -0.2) is 4.79 Å². The van der Waals surface area contributed by atoms with Gasteiger partial charge in [-0.1, -0.05) is 30.3 Å². The summed E-state index contributed by atoms with van der Waals surface area (Å²) in [6.07, 6.45) is 2.97. The number of nitrogens with zero attached hydrogens (tertiary/aromatic N) is 1. The van der Waals surface area contributed by atoms with Crippen LogP contribution in [0.5, 0.6) is 0 Å². The summed E-state index contributed by atoms with van der Waals surface area (Å²) in [6, 6.07) is 9.77. The molecule has 1 amide bonds. The maximum atomic E-state index is 11.8. The van der Waals surface area contributed by atoms with Crippen LogP contribution >= 0.6 is 11.8 Å². The number of rotatable bonds is 3. The van der Waals surface area contributed by atoms with Gasteiger partial charge in [-0.3, -0.25) is 0 Å². The molecule has 1 aromatic carbocycles. The van der Waals surface area contributed by atoms with E-state index < -0.39 is 0 Å². The van der Waals surface area contributed by atoms with Crippen molar-refractivity contribution in [3.8, 4) is 0 Å². The molecule has 0 N–H and O–H groups in total. The van der Waals surface area contributed by atoms with Gasteiger partial charge < -0.3 is 9.64 Å². The van der Waals surface area contributed by atoms with Crippen molar-refractivity contribution in [3.05, 3.63) is 35.9 Å². The molecule has 1 aliphatic heterocycles.